The summed E-state index contributed by atoms with van der Waals surface area (Å²) in [7, 11) is 0. The average molecular weight is 284 g/mol. The standard InChI is InChI=1S/C11H14ClN5S/c1-6-10(15-7(2)16-11(6)17-13)14-5-8-3-4-9(12)18-8/h3-4H,5,13H2,1-2H3,(H2,14,15,16,17). The minimum Gasteiger partial charge on any atom is -0.365 e. The molecule has 0 saturated carbocycles. The molecule has 0 bridgehead atoms. The molecule has 96 valence electrons. The molecular weight excluding hydrogens is 270 g/mol. The van der Waals surface area contributed by atoms with Crippen molar-refractivity contribution in [1.29, 1.82) is 0 Å². The van der Waals surface area contributed by atoms with E-state index in [1.165, 1.54) is 0 Å². The van der Waals surface area contributed by atoms with Crippen LogP contribution >= 0.6 is 22.9 Å². The predicted octanol–water partition coefficient (Wildman–Crippen LogP) is 2.71. The van der Waals surface area contributed by atoms with Gasteiger partial charge in [0.1, 0.15) is 17.5 Å². The maximum atomic E-state index is 5.88. The lowest BCUT2D eigenvalue weighted by Gasteiger charge is -2.11. The van der Waals surface area contributed by atoms with Gasteiger partial charge in [0.25, 0.3) is 0 Å². The fraction of sp³-hybridized carbons (Fsp3) is 0.273. The zero-order valence-electron chi connectivity index (χ0n) is 10.1. The predicted molar refractivity (Wildman–Crippen MR) is 76.0 cm³/mol. The lowest BCUT2D eigenvalue weighted by atomic mass is 10.3. The lowest BCUT2D eigenvalue weighted by molar-refractivity contribution is 1.00. The molecule has 0 unspecified atom stereocenters. The van der Waals surface area contributed by atoms with Crippen molar-refractivity contribution in [3.05, 3.63) is 32.7 Å². The molecule has 2 aromatic rings. The molecule has 0 radical (unpaired) electrons. The Kier molecular flexibility index (Phi) is 4.00. The number of aromatic nitrogens is 2. The monoisotopic (exact) mass is 283 g/mol. The number of aryl methyl sites for hydroxylation is 1. The van der Waals surface area contributed by atoms with Crippen LogP contribution in [0, 0.1) is 13.8 Å². The van der Waals surface area contributed by atoms with Gasteiger partial charge in [-0.2, -0.15) is 0 Å². The van der Waals surface area contributed by atoms with Gasteiger partial charge in [0, 0.05) is 10.4 Å². The Morgan fingerprint density at radius 3 is 2.61 bits per heavy atom. The van der Waals surface area contributed by atoms with Crippen LogP contribution in [0.2, 0.25) is 4.34 Å². The van der Waals surface area contributed by atoms with Gasteiger partial charge in [-0.25, -0.2) is 15.8 Å². The molecule has 18 heavy (non-hydrogen) atoms. The molecule has 0 aliphatic rings. The minimum atomic E-state index is 0.634. The molecule has 5 nitrogen and oxygen atoms in total. The number of rotatable bonds is 4. The van der Waals surface area contributed by atoms with E-state index in [2.05, 4.69) is 20.7 Å². The number of anilines is 2. The topological polar surface area (TPSA) is 75.9 Å². The molecule has 7 heteroatoms. The number of hydrazine groups is 1. The highest BCUT2D eigenvalue weighted by Crippen LogP contribution is 2.24. The van der Waals surface area contributed by atoms with Crippen LogP contribution in [0.5, 0.6) is 0 Å². The quantitative estimate of drug-likeness (QED) is 0.594. The number of halogens is 1. The van der Waals surface area contributed by atoms with Gasteiger partial charge in [-0.15, -0.1) is 11.3 Å². The Morgan fingerprint density at radius 1 is 1.28 bits per heavy atom. The number of nitrogens with zero attached hydrogens (tertiary/aromatic N) is 2. The summed E-state index contributed by atoms with van der Waals surface area (Å²) in [6.45, 7) is 4.42. The van der Waals surface area contributed by atoms with Gasteiger partial charge in [-0.05, 0) is 26.0 Å². The van der Waals surface area contributed by atoms with E-state index >= 15 is 0 Å². The van der Waals surface area contributed by atoms with E-state index in [0.717, 1.165) is 20.6 Å². The molecule has 0 atom stereocenters. The fourth-order valence-corrected chi connectivity index (χ4v) is 2.59. The van der Waals surface area contributed by atoms with Gasteiger partial charge < -0.3 is 10.7 Å². The summed E-state index contributed by atoms with van der Waals surface area (Å²) in [4.78, 5) is 9.71. The van der Waals surface area contributed by atoms with Crippen LogP contribution in [0.3, 0.4) is 0 Å². The number of hydrogen-bond acceptors (Lipinski definition) is 6. The second kappa shape index (κ2) is 5.51. The first-order chi connectivity index (χ1) is 8.60. The van der Waals surface area contributed by atoms with E-state index in [-0.39, 0.29) is 0 Å². The Hall–Kier alpha value is -1.37. The molecule has 0 aromatic carbocycles. The van der Waals surface area contributed by atoms with Crippen molar-refractivity contribution in [3.63, 3.8) is 0 Å². The Balaban J connectivity index is 2.16. The SMILES string of the molecule is Cc1nc(NN)c(C)c(NCc2ccc(Cl)s2)n1. The Labute approximate surface area is 114 Å². The molecule has 4 N–H and O–H groups in total. The summed E-state index contributed by atoms with van der Waals surface area (Å²) in [5, 5.41) is 3.26. The van der Waals surface area contributed by atoms with Crippen LogP contribution in [-0.2, 0) is 6.54 Å². The van der Waals surface area contributed by atoms with Gasteiger partial charge in [0.05, 0.1) is 10.9 Å². The van der Waals surface area contributed by atoms with Crippen LogP contribution in [0.25, 0.3) is 0 Å². The molecule has 0 aliphatic heterocycles. The van der Waals surface area contributed by atoms with Crippen LogP contribution in [0.4, 0.5) is 11.6 Å². The molecule has 2 heterocycles. The van der Waals surface area contributed by atoms with E-state index in [1.807, 2.05) is 26.0 Å². The maximum absolute atomic E-state index is 5.88. The molecule has 0 aliphatic carbocycles. The maximum Gasteiger partial charge on any atom is 0.148 e. The molecule has 0 saturated heterocycles. The van der Waals surface area contributed by atoms with Crippen molar-refractivity contribution in [2.75, 3.05) is 10.7 Å². The number of hydrogen-bond donors (Lipinski definition) is 3. The number of nitrogen functional groups attached to an aromatic ring is 1. The molecule has 2 rings (SSSR count). The number of thiophene rings is 1. The average Bonchev–Trinajstić information content (AvgIpc) is 2.75. The fourth-order valence-electron chi connectivity index (χ4n) is 1.56. The van der Waals surface area contributed by atoms with Crippen molar-refractivity contribution in [3.8, 4) is 0 Å². The van der Waals surface area contributed by atoms with Gasteiger partial charge in [0.15, 0.2) is 0 Å². The molecule has 0 spiro atoms. The molecule has 0 amide bonds. The second-order valence-corrected chi connectivity index (χ2v) is 5.60. The van der Waals surface area contributed by atoms with Gasteiger partial charge in [-0.3, -0.25) is 0 Å². The highest BCUT2D eigenvalue weighted by atomic mass is 35.5. The first-order valence-electron chi connectivity index (χ1n) is 5.40. The van der Waals surface area contributed by atoms with Crippen LogP contribution < -0.4 is 16.6 Å². The Morgan fingerprint density at radius 2 is 2.00 bits per heavy atom. The van der Waals surface area contributed by atoms with Gasteiger partial charge in [-0.1, -0.05) is 11.6 Å². The summed E-state index contributed by atoms with van der Waals surface area (Å²) >= 11 is 7.43. The lowest BCUT2D eigenvalue weighted by Crippen LogP contribution is -2.13. The zero-order valence-corrected chi connectivity index (χ0v) is 11.7. The highest BCUT2D eigenvalue weighted by Gasteiger charge is 2.08. The van der Waals surface area contributed by atoms with E-state index in [1.54, 1.807) is 11.3 Å². The third-order valence-corrected chi connectivity index (χ3v) is 3.68. The van der Waals surface area contributed by atoms with Crippen LogP contribution in [0.15, 0.2) is 12.1 Å². The zero-order chi connectivity index (χ0) is 13.1. The van der Waals surface area contributed by atoms with E-state index in [4.69, 9.17) is 17.4 Å². The molecule has 2 aromatic heterocycles. The van der Waals surface area contributed by atoms with E-state index in [0.29, 0.717) is 18.2 Å². The van der Waals surface area contributed by atoms with Gasteiger partial charge >= 0.3 is 0 Å². The smallest absolute Gasteiger partial charge is 0.148 e. The number of nitrogens with two attached hydrogens (primary N) is 1. The van der Waals surface area contributed by atoms with Crippen molar-refractivity contribution in [2.24, 2.45) is 5.84 Å². The van der Waals surface area contributed by atoms with Crippen molar-refractivity contribution < 1.29 is 0 Å². The van der Waals surface area contributed by atoms with Gasteiger partial charge in [0.2, 0.25) is 0 Å². The first-order valence-corrected chi connectivity index (χ1v) is 6.59. The largest absolute Gasteiger partial charge is 0.365 e. The normalized spacial score (nSPS) is 10.4. The first kappa shape index (κ1) is 13.1. The Bertz CT molecular complexity index is 554. The number of nitrogens with one attached hydrogen (secondary N) is 2. The second-order valence-electron chi connectivity index (χ2n) is 3.80. The van der Waals surface area contributed by atoms with Crippen LogP contribution in [0.1, 0.15) is 16.3 Å². The van der Waals surface area contributed by atoms with Crippen LogP contribution in [-0.4, -0.2) is 9.97 Å². The molecular formula is C11H14ClN5S. The van der Waals surface area contributed by atoms with E-state index < -0.39 is 0 Å². The van der Waals surface area contributed by atoms with Crippen molar-refractivity contribution >= 4 is 34.6 Å². The third kappa shape index (κ3) is 2.90. The minimum absolute atomic E-state index is 0.634. The summed E-state index contributed by atoms with van der Waals surface area (Å²) in [6, 6.07) is 3.87. The summed E-state index contributed by atoms with van der Waals surface area (Å²) < 4.78 is 0.784. The summed E-state index contributed by atoms with van der Waals surface area (Å²) in [6.07, 6.45) is 0. The summed E-state index contributed by atoms with van der Waals surface area (Å²) in [5.41, 5.74) is 3.46. The van der Waals surface area contributed by atoms with Crippen molar-refractivity contribution in [1.82, 2.24) is 9.97 Å². The van der Waals surface area contributed by atoms with Crippen molar-refractivity contribution in [2.45, 2.75) is 20.4 Å². The third-order valence-electron chi connectivity index (χ3n) is 2.45. The molecule has 0 fully saturated rings. The van der Waals surface area contributed by atoms with E-state index in [9.17, 15) is 0 Å². The summed E-state index contributed by atoms with van der Waals surface area (Å²) in [5.74, 6) is 7.49. The highest BCUT2D eigenvalue weighted by molar-refractivity contribution is 7.16.